The topological polar surface area (TPSA) is 48.4 Å². The lowest BCUT2D eigenvalue weighted by atomic mass is 9.84. The van der Waals surface area contributed by atoms with E-state index in [1.54, 1.807) is 12.5 Å². The molecular formula is C12H17NO2. The third-order valence-electron chi connectivity index (χ3n) is 3.60. The highest BCUT2D eigenvalue weighted by atomic mass is 16.5. The maximum atomic E-state index is 6.47. The second kappa shape index (κ2) is 3.35. The van der Waals surface area contributed by atoms with Crippen LogP contribution < -0.4 is 5.73 Å². The van der Waals surface area contributed by atoms with E-state index in [9.17, 15) is 0 Å². The van der Waals surface area contributed by atoms with Crippen molar-refractivity contribution in [3.8, 4) is 0 Å². The molecule has 2 fully saturated rings. The van der Waals surface area contributed by atoms with Crippen LogP contribution in [0.4, 0.5) is 0 Å². The predicted molar refractivity (Wildman–Crippen MR) is 56.4 cm³/mol. The maximum Gasteiger partial charge on any atom is 0.0935 e. The highest BCUT2D eigenvalue weighted by molar-refractivity contribution is 5.15. The molecule has 2 unspecified atom stereocenters. The van der Waals surface area contributed by atoms with Crippen molar-refractivity contribution >= 4 is 0 Å². The average Bonchev–Trinajstić information content (AvgIpc) is 2.79. The van der Waals surface area contributed by atoms with Crippen LogP contribution in [0.3, 0.4) is 0 Å². The summed E-state index contributed by atoms with van der Waals surface area (Å²) in [6, 6.07) is 2.00. The van der Waals surface area contributed by atoms with Crippen LogP contribution in [-0.4, -0.2) is 18.2 Å². The second-order valence-electron chi connectivity index (χ2n) is 4.92. The van der Waals surface area contributed by atoms with E-state index in [2.05, 4.69) is 0 Å². The minimum absolute atomic E-state index is 0.162. The van der Waals surface area contributed by atoms with Gasteiger partial charge in [-0.15, -0.1) is 0 Å². The van der Waals surface area contributed by atoms with Crippen molar-refractivity contribution in [2.24, 2.45) is 11.7 Å². The Balaban J connectivity index is 1.76. The minimum atomic E-state index is -0.162. The summed E-state index contributed by atoms with van der Waals surface area (Å²) < 4.78 is 10.9. The first kappa shape index (κ1) is 9.43. The van der Waals surface area contributed by atoms with Gasteiger partial charge in [-0.2, -0.15) is 0 Å². The number of rotatable bonds is 3. The molecule has 3 heteroatoms. The Labute approximate surface area is 89.6 Å². The van der Waals surface area contributed by atoms with Gasteiger partial charge in [0.2, 0.25) is 0 Å². The highest BCUT2D eigenvalue weighted by Crippen LogP contribution is 2.43. The molecule has 0 radical (unpaired) electrons. The summed E-state index contributed by atoms with van der Waals surface area (Å²) in [6.07, 6.45) is 8.19. The second-order valence-corrected chi connectivity index (χ2v) is 4.92. The van der Waals surface area contributed by atoms with E-state index in [0.29, 0.717) is 5.92 Å². The summed E-state index contributed by atoms with van der Waals surface area (Å²) in [5.41, 5.74) is 7.50. The summed E-state index contributed by atoms with van der Waals surface area (Å²) in [4.78, 5) is 0. The molecule has 1 aromatic heterocycles. The molecule has 1 saturated heterocycles. The maximum absolute atomic E-state index is 6.47. The first-order chi connectivity index (χ1) is 7.28. The molecule has 82 valence electrons. The Morgan fingerprint density at radius 1 is 1.47 bits per heavy atom. The van der Waals surface area contributed by atoms with Crippen LogP contribution in [0.2, 0.25) is 0 Å². The van der Waals surface area contributed by atoms with Crippen LogP contribution in [0.15, 0.2) is 23.0 Å². The Kier molecular flexibility index (Phi) is 2.11. The molecule has 0 bridgehead atoms. The van der Waals surface area contributed by atoms with E-state index >= 15 is 0 Å². The van der Waals surface area contributed by atoms with Gasteiger partial charge in [0.1, 0.15) is 0 Å². The van der Waals surface area contributed by atoms with Crippen molar-refractivity contribution in [1.29, 1.82) is 0 Å². The third-order valence-corrected chi connectivity index (χ3v) is 3.60. The summed E-state index contributed by atoms with van der Waals surface area (Å²) in [5, 5.41) is 0. The van der Waals surface area contributed by atoms with Crippen LogP contribution in [0, 0.1) is 5.92 Å². The molecule has 2 aliphatic rings. The van der Waals surface area contributed by atoms with Gasteiger partial charge in [-0.1, -0.05) is 0 Å². The molecule has 2 heterocycles. The first-order valence-electron chi connectivity index (χ1n) is 5.69. The van der Waals surface area contributed by atoms with Gasteiger partial charge >= 0.3 is 0 Å². The highest BCUT2D eigenvalue weighted by Gasteiger charge is 2.48. The predicted octanol–water partition coefficient (Wildman–Crippen LogP) is 1.72. The van der Waals surface area contributed by atoms with Crippen LogP contribution in [0.25, 0.3) is 0 Å². The molecule has 2 atom stereocenters. The fourth-order valence-electron chi connectivity index (χ4n) is 2.65. The standard InChI is InChI=1S/C12H17NO2/c13-12(7-9-3-5-14-8-9)4-6-15-11(12)10-1-2-10/h3,5,8,10-11H,1-2,4,6-7,13H2. The fourth-order valence-corrected chi connectivity index (χ4v) is 2.65. The average molecular weight is 207 g/mol. The van der Waals surface area contributed by atoms with Crippen LogP contribution in [0.1, 0.15) is 24.8 Å². The fraction of sp³-hybridized carbons (Fsp3) is 0.667. The number of hydrogen-bond acceptors (Lipinski definition) is 3. The number of ether oxygens (including phenoxy) is 1. The Morgan fingerprint density at radius 2 is 2.33 bits per heavy atom. The van der Waals surface area contributed by atoms with E-state index < -0.39 is 0 Å². The van der Waals surface area contributed by atoms with Gasteiger partial charge in [0.05, 0.1) is 18.6 Å². The van der Waals surface area contributed by atoms with E-state index in [0.717, 1.165) is 19.4 Å². The van der Waals surface area contributed by atoms with Gasteiger partial charge in [-0.3, -0.25) is 0 Å². The monoisotopic (exact) mass is 207 g/mol. The molecule has 1 saturated carbocycles. The molecule has 0 aromatic carbocycles. The van der Waals surface area contributed by atoms with Crippen molar-refractivity contribution in [2.45, 2.75) is 37.3 Å². The quantitative estimate of drug-likeness (QED) is 0.821. The molecular weight excluding hydrogens is 190 g/mol. The molecule has 2 N–H and O–H groups in total. The van der Waals surface area contributed by atoms with Crippen LogP contribution >= 0.6 is 0 Å². The minimum Gasteiger partial charge on any atom is -0.472 e. The smallest absolute Gasteiger partial charge is 0.0935 e. The van der Waals surface area contributed by atoms with E-state index in [-0.39, 0.29) is 11.6 Å². The summed E-state index contributed by atoms with van der Waals surface area (Å²) >= 11 is 0. The lowest BCUT2D eigenvalue weighted by Gasteiger charge is -2.29. The number of nitrogens with two attached hydrogens (primary N) is 1. The van der Waals surface area contributed by atoms with Gasteiger partial charge in [0.25, 0.3) is 0 Å². The molecule has 0 amide bonds. The molecule has 15 heavy (non-hydrogen) atoms. The summed E-state index contributed by atoms with van der Waals surface area (Å²) in [5.74, 6) is 0.712. The molecule has 1 aromatic rings. The SMILES string of the molecule is NC1(Cc2ccoc2)CCOC1C1CC1. The van der Waals surface area contributed by atoms with Crippen molar-refractivity contribution in [3.05, 3.63) is 24.2 Å². The number of hydrogen-bond donors (Lipinski definition) is 1. The molecule has 3 rings (SSSR count). The van der Waals surface area contributed by atoms with Crippen LogP contribution in [-0.2, 0) is 11.2 Å². The lowest BCUT2D eigenvalue weighted by Crippen LogP contribution is -2.50. The van der Waals surface area contributed by atoms with E-state index in [4.69, 9.17) is 14.9 Å². The number of furan rings is 1. The summed E-state index contributed by atoms with van der Waals surface area (Å²) in [7, 11) is 0. The van der Waals surface area contributed by atoms with Crippen LogP contribution in [0.5, 0.6) is 0 Å². The molecule has 3 nitrogen and oxygen atoms in total. The Bertz CT molecular complexity index is 331. The molecule has 1 aliphatic heterocycles. The van der Waals surface area contributed by atoms with E-state index in [1.165, 1.54) is 18.4 Å². The zero-order chi connectivity index (χ0) is 10.3. The largest absolute Gasteiger partial charge is 0.472 e. The Hall–Kier alpha value is -0.800. The molecule has 1 aliphatic carbocycles. The normalized spacial score (nSPS) is 35.9. The van der Waals surface area contributed by atoms with E-state index in [1.807, 2.05) is 6.07 Å². The zero-order valence-corrected chi connectivity index (χ0v) is 8.82. The van der Waals surface area contributed by atoms with Crippen molar-refractivity contribution in [1.82, 2.24) is 0 Å². The van der Waals surface area contributed by atoms with Gasteiger partial charge in [-0.25, -0.2) is 0 Å². The van der Waals surface area contributed by atoms with Crippen molar-refractivity contribution in [2.75, 3.05) is 6.61 Å². The third kappa shape index (κ3) is 1.70. The summed E-state index contributed by atoms with van der Waals surface area (Å²) in [6.45, 7) is 0.815. The molecule has 0 spiro atoms. The van der Waals surface area contributed by atoms with Crippen molar-refractivity contribution < 1.29 is 9.15 Å². The van der Waals surface area contributed by atoms with Gasteiger partial charge in [0.15, 0.2) is 0 Å². The van der Waals surface area contributed by atoms with Gasteiger partial charge in [-0.05, 0) is 43.2 Å². The van der Waals surface area contributed by atoms with Gasteiger partial charge in [0, 0.05) is 12.1 Å². The Morgan fingerprint density at radius 3 is 3.00 bits per heavy atom. The first-order valence-corrected chi connectivity index (χ1v) is 5.69. The lowest BCUT2D eigenvalue weighted by molar-refractivity contribution is 0.0626. The van der Waals surface area contributed by atoms with Crippen molar-refractivity contribution in [3.63, 3.8) is 0 Å². The van der Waals surface area contributed by atoms with Gasteiger partial charge < -0.3 is 14.9 Å². The zero-order valence-electron chi connectivity index (χ0n) is 8.82.